The van der Waals surface area contributed by atoms with E-state index in [9.17, 15) is 13.9 Å². The number of nitrogens with one attached hydrogen (secondary N) is 2. The fourth-order valence-corrected chi connectivity index (χ4v) is 5.24. The number of nitrogens with zero attached hydrogens (tertiary/aromatic N) is 3. The van der Waals surface area contributed by atoms with Crippen LogP contribution in [0.1, 0.15) is 35.7 Å². The van der Waals surface area contributed by atoms with E-state index in [-0.39, 0.29) is 11.9 Å². The first-order chi connectivity index (χ1) is 14.5. The first kappa shape index (κ1) is 20.6. The van der Waals surface area contributed by atoms with Crippen molar-refractivity contribution in [1.29, 1.82) is 0 Å². The Kier molecular flexibility index (Phi) is 5.94. The molecule has 0 bridgehead atoms. The zero-order chi connectivity index (χ0) is 21.1. The van der Waals surface area contributed by atoms with E-state index in [4.69, 9.17) is 0 Å². The maximum absolute atomic E-state index is 13.0. The van der Waals surface area contributed by atoms with Crippen LogP contribution >= 0.6 is 10.6 Å². The van der Waals surface area contributed by atoms with E-state index in [1.54, 1.807) is 17.1 Å². The lowest BCUT2D eigenvalue weighted by molar-refractivity contribution is 0.0951. The highest BCUT2D eigenvalue weighted by Crippen LogP contribution is 2.44. The number of carbonyl (C=O) groups excluding carboxylic acids is 1. The van der Waals surface area contributed by atoms with Crippen molar-refractivity contribution in [2.45, 2.75) is 38.9 Å². The molecule has 0 spiro atoms. The van der Waals surface area contributed by atoms with Crippen molar-refractivity contribution in [3.8, 4) is 0 Å². The molecule has 0 atom stereocenters. The largest absolute Gasteiger partial charge is 0.381 e. The molecule has 0 radical (unpaired) electrons. The Morgan fingerprint density at radius 1 is 1.20 bits per heavy atom. The molecule has 3 aromatic rings. The molecule has 0 unspecified atom stereocenters. The summed E-state index contributed by atoms with van der Waals surface area (Å²) in [6, 6.07) is 9.80. The molecule has 1 aliphatic rings. The zero-order valence-corrected chi connectivity index (χ0v) is 17.7. The van der Waals surface area contributed by atoms with E-state index >= 15 is 0 Å². The number of aryl methyl sites for hydroxylation is 1. The molecule has 1 aliphatic heterocycles. The first-order valence-electron chi connectivity index (χ1n) is 10.1. The molecule has 1 amide bonds. The predicted molar refractivity (Wildman–Crippen MR) is 120 cm³/mol. The van der Waals surface area contributed by atoms with E-state index in [0.717, 1.165) is 16.6 Å². The average molecular weight is 430 g/mol. The van der Waals surface area contributed by atoms with Crippen LogP contribution in [0.4, 0.5) is 5.69 Å². The molecule has 30 heavy (non-hydrogen) atoms. The molecule has 1 saturated heterocycles. The second-order valence-corrected chi connectivity index (χ2v) is 9.96. The van der Waals surface area contributed by atoms with E-state index < -0.39 is 10.6 Å². The summed E-state index contributed by atoms with van der Waals surface area (Å²) < 4.78 is 21.6. The number of rotatable bonds is 6. The van der Waals surface area contributed by atoms with Gasteiger partial charge >= 0.3 is 0 Å². The summed E-state index contributed by atoms with van der Waals surface area (Å²) >= 11 is 0. The highest BCUT2D eigenvalue weighted by molar-refractivity contribution is 8.24. The number of fused-ring (bicyclic) bond motifs is 1. The Hall–Kier alpha value is -2.62. The van der Waals surface area contributed by atoms with Gasteiger partial charge in [0.15, 0.2) is 5.65 Å². The molecule has 1 aromatic carbocycles. The van der Waals surface area contributed by atoms with Gasteiger partial charge in [-0.25, -0.2) is 9.67 Å². The normalized spacial score (nSPS) is 17.6. The molecule has 0 aliphatic carbocycles. The van der Waals surface area contributed by atoms with Gasteiger partial charge in [0.05, 0.1) is 22.8 Å². The van der Waals surface area contributed by atoms with Gasteiger partial charge in [0.2, 0.25) is 0 Å². The van der Waals surface area contributed by atoms with Gasteiger partial charge in [-0.05, 0) is 25.3 Å². The molecule has 8 nitrogen and oxygen atoms in total. The van der Waals surface area contributed by atoms with Crippen LogP contribution in [-0.4, -0.2) is 47.3 Å². The first-order valence-corrected chi connectivity index (χ1v) is 12.0. The number of anilines is 1. The monoisotopic (exact) mass is 429 g/mol. The molecule has 9 heteroatoms. The Balaban J connectivity index is 1.61. The molecule has 1 fully saturated rings. The molecular formula is C21H27N5O3S. The standard InChI is InChI=1S/C21H27N5O3S/c1-2-26-20-17(14-24-26)19(25-16-8-10-30(28,29)11-9-16)18(13-22-20)21(27)23-12-15-6-4-3-5-7-15/h3-7,13-14,16,28-29H,2,8-12H2,1H3,(H,22,25)(H,23,27). The van der Waals surface area contributed by atoms with Gasteiger partial charge in [0.25, 0.3) is 5.91 Å². The fourth-order valence-electron chi connectivity index (χ4n) is 3.72. The maximum atomic E-state index is 13.0. The Morgan fingerprint density at radius 3 is 2.63 bits per heavy atom. The summed E-state index contributed by atoms with van der Waals surface area (Å²) in [5.41, 5.74) is 2.91. The van der Waals surface area contributed by atoms with E-state index in [2.05, 4.69) is 20.7 Å². The lowest BCUT2D eigenvalue weighted by Crippen LogP contribution is -2.32. The van der Waals surface area contributed by atoms with Crippen molar-refractivity contribution >= 4 is 33.2 Å². The van der Waals surface area contributed by atoms with Crippen molar-refractivity contribution in [1.82, 2.24) is 20.1 Å². The summed E-state index contributed by atoms with van der Waals surface area (Å²) in [7, 11) is -2.46. The van der Waals surface area contributed by atoms with Crippen LogP contribution in [0, 0.1) is 0 Å². The van der Waals surface area contributed by atoms with Crippen molar-refractivity contribution in [3.05, 3.63) is 53.9 Å². The van der Waals surface area contributed by atoms with Crippen molar-refractivity contribution in [2.24, 2.45) is 0 Å². The van der Waals surface area contributed by atoms with Crippen LogP contribution in [0.2, 0.25) is 0 Å². The summed E-state index contributed by atoms with van der Waals surface area (Å²) in [6.45, 7) is 3.10. The average Bonchev–Trinajstić information content (AvgIpc) is 3.18. The van der Waals surface area contributed by atoms with Gasteiger partial charge in [0.1, 0.15) is 0 Å². The molecular weight excluding hydrogens is 402 g/mol. The van der Waals surface area contributed by atoms with Crippen LogP contribution in [0.5, 0.6) is 0 Å². The molecule has 0 saturated carbocycles. The third-order valence-corrected chi connectivity index (χ3v) is 7.22. The van der Waals surface area contributed by atoms with Crippen LogP contribution < -0.4 is 10.6 Å². The molecule has 4 N–H and O–H groups in total. The number of carbonyl (C=O) groups is 1. The van der Waals surface area contributed by atoms with Gasteiger partial charge in [-0.1, -0.05) is 30.3 Å². The summed E-state index contributed by atoms with van der Waals surface area (Å²) in [6.07, 6.45) is 4.60. The van der Waals surface area contributed by atoms with Gasteiger partial charge in [-0.2, -0.15) is 15.7 Å². The number of pyridine rings is 1. The van der Waals surface area contributed by atoms with Crippen molar-refractivity contribution in [3.63, 3.8) is 0 Å². The lowest BCUT2D eigenvalue weighted by Gasteiger charge is -2.39. The SMILES string of the molecule is CCn1ncc2c(NC3CCS(O)(O)CC3)c(C(=O)NCc3ccccc3)cnc21. The molecule has 160 valence electrons. The number of aromatic nitrogens is 3. The second kappa shape index (κ2) is 8.63. The lowest BCUT2D eigenvalue weighted by atomic mass is 10.1. The van der Waals surface area contributed by atoms with Gasteiger partial charge < -0.3 is 10.6 Å². The highest BCUT2D eigenvalue weighted by Gasteiger charge is 2.26. The Morgan fingerprint density at radius 2 is 1.93 bits per heavy atom. The minimum absolute atomic E-state index is 0.0566. The van der Waals surface area contributed by atoms with Crippen LogP contribution in [0.15, 0.2) is 42.7 Å². The minimum atomic E-state index is -2.46. The third kappa shape index (κ3) is 4.43. The zero-order valence-electron chi connectivity index (χ0n) is 16.9. The van der Waals surface area contributed by atoms with Crippen LogP contribution in [0.3, 0.4) is 0 Å². The summed E-state index contributed by atoms with van der Waals surface area (Å²) in [5.74, 6) is 0.547. The van der Waals surface area contributed by atoms with E-state index in [1.165, 1.54) is 0 Å². The van der Waals surface area contributed by atoms with E-state index in [1.807, 2.05) is 37.3 Å². The molecule has 3 heterocycles. The highest BCUT2D eigenvalue weighted by atomic mass is 32.3. The predicted octanol–water partition coefficient (Wildman–Crippen LogP) is 3.71. The summed E-state index contributed by atoms with van der Waals surface area (Å²) in [5, 5.41) is 11.6. The smallest absolute Gasteiger partial charge is 0.255 e. The van der Waals surface area contributed by atoms with Gasteiger partial charge in [0, 0.05) is 36.8 Å². The van der Waals surface area contributed by atoms with Crippen molar-refractivity contribution in [2.75, 3.05) is 16.8 Å². The third-order valence-electron chi connectivity index (χ3n) is 5.44. The maximum Gasteiger partial charge on any atom is 0.255 e. The number of hydrogen-bond donors (Lipinski definition) is 4. The van der Waals surface area contributed by atoms with Gasteiger partial charge in [-0.15, -0.1) is 0 Å². The fraction of sp³-hybridized carbons (Fsp3) is 0.381. The van der Waals surface area contributed by atoms with Crippen LogP contribution in [0.25, 0.3) is 11.0 Å². The number of benzene rings is 1. The number of amides is 1. The number of hydrogen-bond acceptors (Lipinski definition) is 6. The molecule has 2 aromatic heterocycles. The topological polar surface area (TPSA) is 112 Å². The summed E-state index contributed by atoms with van der Waals surface area (Å²) in [4.78, 5) is 17.5. The Labute approximate surface area is 177 Å². The molecule has 4 rings (SSSR count). The second-order valence-electron chi connectivity index (χ2n) is 7.54. The quantitative estimate of drug-likeness (QED) is 0.475. The van der Waals surface area contributed by atoms with Crippen LogP contribution in [-0.2, 0) is 13.1 Å². The van der Waals surface area contributed by atoms with E-state index in [0.29, 0.717) is 48.7 Å². The van der Waals surface area contributed by atoms with Crippen molar-refractivity contribution < 1.29 is 13.9 Å². The Bertz CT molecular complexity index is 1030. The van der Waals surface area contributed by atoms with Gasteiger partial charge in [-0.3, -0.25) is 13.9 Å². The minimum Gasteiger partial charge on any atom is -0.381 e.